The maximum Gasteiger partial charge on any atom is 0.349 e. The normalized spacial score (nSPS) is 11.4. The lowest BCUT2D eigenvalue weighted by atomic mass is 10.3. The fraction of sp³-hybridized carbons (Fsp3) is 0.545. The molecule has 0 saturated carbocycles. The molecule has 7 heteroatoms. The van der Waals surface area contributed by atoms with E-state index in [9.17, 15) is 13.2 Å². The van der Waals surface area contributed by atoms with Gasteiger partial charge in [0.2, 0.25) is 0 Å². The third-order valence-corrected chi connectivity index (χ3v) is 4.22. The zero-order chi connectivity index (χ0) is 13.8. The fourth-order valence-corrected chi connectivity index (χ4v) is 2.78. The summed E-state index contributed by atoms with van der Waals surface area (Å²) in [5.41, 5.74) is 0. The number of aromatic carboxylic acids is 1. The van der Waals surface area contributed by atoms with Gasteiger partial charge >= 0.3 is 5.97 Å². The first-order valence-electron chi connectivity index (χ1n) is 5.50. The summed E-state index contributed by atoms with van der Waals surface area (Å²) in [7, 11) is -3.10. The van der Waals surface area contributed by atoms with E-state index < -0.39 is 15.8 Å². The molecular formula is C11H16O5S2. The Morgan fingerprint density at radius 3 is 2.67 bits per heavy atom. The molecule has 0 amide bonds. The lowest BCUT2D eigenvalue weighted by Crippen LogP contribution is -2.12. The number of carbonyl (C=O) groups is 1. The van der Waals surface area contributed by atoms with Crippen molar-refractivity contribution in [1.82, 2.24) is 0 Å². The van der Waals surface area contributed by atoms with Crippen LogP contribution in [0, 0.1) is 0 Å². The van der Waals surface area contributed by atoms with Gasteiger partial charge in [0.25, 0.3) is 0 Å². The van der Waals surface area contributed by atoms with Gasteiger partial charge < -0.3 is 9.84 Å². The zero-order valence-electron chi connectivity index (χ0n) is 10.3. The van der Waals surface area contributed by atoms with Crippen LogP contribution in [0.2, 0.25) is 0 Å². The van der Waals surface area contributed by atoms with Crippen molar-refractivity contribution in [3.05, 3.63) is 15.8 Å². The van der Waals surface area contributed by atoms with E-state index in [1.54, 1.807) is 6.07 Å². The summed E-state index contributed by atoms with van der Waals surface area (Å²) in [5, 5.41) is 9.02. The molecule has 0 bridgehead atoms. The van der Waals surface area contributed by atoms with Crippen molar-refractivity contribution in [3.63, 3.8) is 0 Å². The molecule has 18 heavy (non-hydrogen) atoms. The van der Waals surface area contributed by atoms with Crippen molar-refractivity contribution in [1.29, 1.82) is 0 Å². The molecule has 0 aromatic carbocycles. The predicted molar refractivity (Wildman–Crippen MR) is 70.5 cm³/mol. The molecule has 1 aromatic heterocycles. The average molecular weight is 292 g/mol. The molecule has 1 heterocycles. The van der Waals surface area contributed by atoms with Crippen LogP contribution in [0.3, 0.4) is 0 Å². The second-order valence-electron chi connectivity index (χ2n) is 3.94. The van der Waals surface area contributed by atoms with E-state index in [0.29, 0.717) is 0 Å². The Morgan fingerprint density at radius 1 is 1.50 bits per heavy atom. The van der Waals surface area contributed by atoms with Crippen LogP contribution in [-0.2, 0) is 16.3 Å². The largest absolute Gasteiger partial charge is 0.491 e. The molecule has 0 aliphatic heterocycles. The monoisotopic (exact) mass is 292 g/mol. The van der Waals surface area contributed by atoms with Gasteiger partial charge in [0.1, 0.15) is 12.4 Å². The first-order chi connectivity index (χ1) is 8.33. The van der Waals surface area contributed by atoms with Crippen LogP contribution in [0.15, 0.2) is 6.07 Å². The third-order valence-electron chi connectivity index (χ3n) is 2.15. The minimum absolute atomic E-state index is 0.0264. The Bertz CT molecular complexity index is 516. The van der Waals surface area contributed by atoms with Gasteiger partial charge in [0, 0.05) is 11.1 Å². The van der Waals surface area contributed by atoms with Gasteiger partial charge in [-0.2, -0.15) is 0 Å². The van der Waals surface area contributed by atoms with E-state index >= 15 is 0 Å². The molecular weight excluding hydrogens is 276 g/mol. The smallest absolute Gasteiger partial charge is 0.349 e. The number of hydrogen-bond donors (Lipinski definition) is 1. The van der Waals surface area contributed by atoms with Crippen molar-refractivity contribution in [3.8, 4) is 5.75 Å². The van der Waals surface area contributed by atoms with Gasteiger partial charge in [0.15, 0.2) is 14.7 Å². The van der Waals surface area contributed by atoms with Crippen LogP contribution in [-0.4, -0.2) is 38.1 Å². The van der Waals surface area contributed by atoms with Crippen LogP contribution < -0.4 is 4.74 Å². The van der Waals surface area contributed by atoms with Crippen molar-refractivity contribution in [2.24, 2.45) is 0 Å². The van der Waals surface area contributed by atoms with E-state index in [2.05, 4.69) is 0 Å². The number of carboxylic acids is 1. The number of rotatable bonds is 7. The lowest BCUT2D eigenvalue weighted by Gasteiger charge is -2.03. The summed E-state index contributed by atoms with van der Waals surface area (Å²) in [6.07, 6.45) is 2.83. The standard InChI is InChI=1S/C11H16O5S2/c1-3-4-8-7-9(10(17-8)11(12)13)16-5-6-18(2,14)15/h7H,3-6H2,1-2H3,(H,12,13). The molecule has 0 radical (unpaired) electrons. The molecule has 0 aliphatic rings. The second kappa shape index (κ2) is 6.19. The van der Waals surface area contributed by atoms with E-state index in [4.69, 9.17) is 9.84 Å². The topological polar surface area (TPSA) is 80.7 Å². The molecule has 102 valence electrons. The number of sulfone groups is 1. The van der Waals surface area contributed by atoms with Gasteiger partial charge in [-0.05, 0) is 12.5 Å². The summed E-state index contributed by atoms with van der Waals surface area (Å²) in [4.78, 5) is 12.1. The molecule has 1 rings (SSSR count). The van der Waals surface area contributed by atoms with Crippen molar-refractivity contribution in [2.75, 3.05) is 18.6 Å². The third kappa shape index (κ3) is 4.66. The maximum absolute atomic E-state index is 11.0. The van der Waals surface area contributed by atoms with Crippen LogP contribution in [0.1, 0.15) is 27.9 Å². The SMILES string of the molecule is CCCc1cc(OCCS(C)(=O)=O)c(C(=O)O)s1. The van der Waals surface area contributed by atoms with Crippen LogP contribution >= 0.6 is 11.3 Å². The Morgan fingerprint density at radius 2 is 2.17 bits per heavy atom. The number of carboxylic acid groups (broad SMARTS) is 1. The molecule has 0 spiro atoms. The summed E-state index contributed by atoms with van der Waals surface area (Å²) in [6.45, 7) is 1.98. The Labute approximate surface area is 110 Å². The quantitative estimate of drug-likeness (QED) is 0.829. The van der Waals surface area contributed by atoms with Crippen LogP contribution in [0.25, 0.3) is 0 Å². The highest BCUT2D eigenvalue weighted by Crippen LogP contribution is 2.30. The Hall–Kier alpha value is -1.08. The van der Waals surface area contributed by atoms with E-state index in [1.807, 2.05) is 6.92 Å². The zero-order valence-corrected chi connectivity index (χ0v) is 11.9. The second-order valence-corrected chi connectivity index (χ2v) is 7.34. The summed E-state index contributed by atoms with van der Waals surface area (Å²) in [6, 6.07) is 1.68. The number of hydrogen-bond acceptors (Lipinski definition) is 5. The van der Waals surface area contributed by atoms with Crippen molar-refractivity contribution < 1.29 is 23.1 Å². The molecule has 0 atom stereocenters. The highest BCUT2D eigenvalue weighted by molar-refractivity contribution is 7.90. The summed E-state index contributed by atoms with van der Waals surface area (Å²) in [5.74, 6) is -0.901. The highest BCUT2D eigenvalue weighted by Gasteiger charge is 2.17. The van der Waals surface area contributed by atoms with Gasteiger partial charge in [-0.25, -0.2) is 13.2 Å². The lowest BCUT2D eigenvalue weighted by molar-refractivity contribution is 0.0698. The van der Waals surface area contributed by atoms with Gasteiger partial charge in [-0.15, -0.1) is 11.3 Å². The molecule has 0 saturated heterocycles. The maximum atomic E-state index is 11.0. The molecule has 1 N–H and O–H groups in total. The molecule has 5 nitrogen and oxygen atoms in total. The summed E-state index contributed by atoms with van der Waals surface area (Å²) < 4.78 is 27.2. The first kappa shape index (κ1) is 15.0. The van der Waals surface area contributed by atoms with Crippen molar-refractivity contribution >= 4 is 27.1 Å². The van der Waals surface area contributed by atoms with Crippen LogP contribution in [0.4, 0.5) is 0 Å². The number of aryl methyl sites for hydroxylation is 1. The average Bonchev–Trinajstić information content (AvgIpc) is 2.60. The predicted octanol–water partition coefficient (Wildman–Crippen LogP) is 1.82. The number of ether oxygens (including phenoxy) is 1. The van der Waals surface area contributed by atoms with Crippen molar-refractivity contribution in [2.45, 2.75) is 19.8 Å². The summed E-state index contributed by atoms with van der Waals surface area (Å²) >= 11 is 1.18. The highest BCUT2D eigenvalue weighted by atomic mass is 32.2. The first-order valence-corrected chi connectivity index (χ1v) is 8.37. The molecule has 0 unspecified atom stereocenters. The van der Waals surface area contributed by atoms with E-state index in [-0.39, 0.29) is 23.0 Å². The molecule has 1 aromatic rings. The molecule has 0 aliphatic carbocycles. The Kier molecular flexibility index (Phi) is 5.15. The minimum Gasteiger partial charge on any atom is -0.491 e. The van der Waals surface area contributed by atoms with E-state index in [1.165, 1.54) is 11.3 Å². The van der Waals surface area contributed by atoms with Gasteiger partial charge in [-0.1, -0.05) is 13.3 Å². The minimum atomic E-state index is -3.10. The van der Waals surface area contributed by atoms with E-state index in [0.717, 1.165) is 24.0 Å². The number of thiophene rings is 1. The van der Waals surface area contributed by atoms with Gasteiger partial charge in [-0.3, -0.25) is 0 Å². The Balaban J connectivity index is 2.77. The van der Waals surface area contributed by atoms with Gasteiger partial charge in [0.05, 0.1) is 5.75 Å². The fourth-order valence-electron chi connectivity index (χ4n) is 1.35. The molecule has 0 fully saturated rings. The van der Waals surface area contributed by atoms with Crippen LogP contribution in [0.5, 0.6) is 5.75 Å².